The van der Waals surface area contributed by atoms with Crippen molar-refractivity contribution in [1.29, 1.82) is 0 Å². The molecule has 1 saturated heterocycles. The molecule has 0 aromatic heterocycles. The summed E-state index contributed by atoms with van der Waals surface area (Å²) in [4.78, 5) is 39.0. The van der Waals surface area contributed by atoms with Crippen LogP contribution >= 0.6 is 0 Å². The lowest BCUT2D eigenvalue weighted by Crippen LogP contribution is -2.58. The van der Waals surface area contributed by atoms with Gasteiger partial charge in [-0.25, -0.2) is 0 Å². The van der Waals surface area contributed by atoms with E-state index in [2.05, 4.69) is 10.6 Å². The zero-order chi connectivity index (χ0) is 20.0. The SMILES string of the molecule is CCC1(C(=O)N(C)[C@H](C(=O)NCc2ccccc2)[C@@H](C)O)CCNC(=O)C1. The molecule has 0 bridgehead atoms. The van der Waals surface area contributed by atoms with Gasteiger partial charge in [0, 0.05) is 26.6 Å². The number of nitrogens with one attached hydrogen (secondary N) is 2. The van der Waals surface area contributed by atoms with E-state index < -0.39 is 23.5 Å². The van der Waals surface area contributed by atoms with E-state index in [0.29, 0.717) is 25.9 Å². The Hall–Kier alpha value is -2.41. The number of aliphatic hydroxyl groups excluding tert-OH is 1. The van der Waals surface area contributed by atoms with Crippen LogP contribution in [-0.4, -0.2) is 53.5 Å². The molecule has 1 aliphatic heterocycles. The molecule has 3 N–H and O–H groups in total. The van der Waals surface area contributed by atoms with Crippen molar-refractivity contribution in [2.24, 2.45) is 5.41 Å². The van der Waals surface area contributed by atoms with E-state index in [4.69, 9.17) is 0 Å². The maximum atomic E-state index is 13.2. The van der Waals surface area contributed by atoms with Gasteiger partial charge < -0.3 is 20.6 Å². The maximum absolute atomic E-state index is 13.2. The molecule has 3 amide bonds. The van der Waals surface area contributed by atoms with Gasteiger partial charge in [0.15, 0.2) is 0 Å². The molecular weight excluding hydrogens is 346 g/mol. The van der Waals surface area contributed by atoms with Crippen molar-refractivity contribution in [2.45, 2.75) is 51.8 Å². The van der Waals surface area contributed by atoms with E-state index >= 15 is 0 Å². The van der Waals surface area contributed by atoms with Crippen LogP contribution in [0.5, 0.6) is 0 Å². The van der Waals surface area contributed by atoms with E-state index in [0.717, 1.165) is 5.56 Å². The highest BCUT2D eigenvalue weighted by Gasteiger charge is 2.45. The second-order valence-electron chi connectivity index (χ2n) is 7.22. The van der Waals surface area contributed by atoms with Crippen LogP contribution in [0.15, 0.2) is 30.3 Å². The molecule has 1 fully saturated rings. The minimum absolute atomic E-state index is 0.102. The first kappa shape index (κ1) is 20.9. The van der Waals surface area contributed by atoms with Crippen LogP contribution in [0.25, 0.3) is 0 Å². The lowest BCUT2D eigenvalue weighted by Gasteiger charge is -2.40. The number of amides is 3. The van der Waals surface area contributed by atoms with Crippen LogP contribution in [0.2, 0.25) is 0 Å². The molecule has 0 spiro atoms. The van der Waals surface area contributed by atoms with Crippen LogP contribution < -0.4 is 10.6 Å². The first-order valence-corrected chi connectivity index (χ1v) is 9.34. The molecule has 2 rings (SSSR count). The van der Waals surface area contributed by atoms with Crippen LogP contribution in [0.4, 0.5) is 0 Å². The summed E-state index contributed by atoms with van der Waals surface area (Å²) in [6.45, 7) is 4.11. The Kier molecular flexibility index (Phi) is 6.96. The van der Waals surface area contributed by atoms with Crippen LogP contribution in [0.1, 0.15) is 38.7 Å². The van der Waals surface area contributed by atoms with Crippen molar-refractivity contribution >= 4 is 17.7 Å². The minimum atomic E-state index is -1.04. The van der Waals surface area contributed by atoms with Gasteiger partial charge in [-0.2, -0.15) is 0 Å². The number of carbonyl (C=O) groups is 3. The number of nitrogens with zero attached hydrogens (tertiary/aromatic N) is 1. The van der Waals surface area contributed by atoms with Gasteiger partial charge in [0.25, 0.3) is 0 Å². The van der Waals surface area contributed by atoms with E-state index in [-0.39, 0.29) is 18.2 Å². The summed E-state index contributed by atoms with van der Waals surface area (Å²) in [5, 5.41) is 15.7. The van der Waals surface area contributed by atoms with Crippen molar-refractivity contribution in [3.05, 3.63) is 35.9 Å². The standard InChI is InChI=1S/C20H29N3O4/c1-4-20(10-11-21-16(25)12-20)19(27)23(3)17(14(2)24)18(26)22-13-15-8-6-5-7-9-15/h5-9,14,17,24H,4,10-13H2,1-3H3,(H,21,25)(H,22,26)/t14-,17+,20?/m1/s1. The Morgan fingerprint density at radius 2 is 2.00 bits per heavy atom. The van der Waals surface area contributed by atoms with Crippen molar-refractivity contribution in [3.63, 3.8) is 0 Å². The monoisotopic (exact) mass is 375 g/mol. The smallest absolute Gasteiger partial charge is 0.245 e. The third kappa shape index (κ3) is 4.86. The van der Waals surface area contributed by atoms with Crippen molar-refractivity contribution in [2.75, 3.05) is 13.6 Å². The Morgan fingerprint density at radius 3 is 2.56 bits per heavy atom. The third-order valence-electron chi connectivity index (χ3n) is 5.33. The van der Waals surface area contributed by atoms with Gasteiger partial charge >= 0.3 is 0 Å². The predicted molar refractivity (Wildman–Crippen MR) is 101 cm³/mol. The molecule has 1 aromatic rings. The summed E-state index contributed by atoms with van der Waals surface area (Å²) in [5.41, 5.74) is 0.0994. The van der Waals surface area contributed by atoms with Crippen molar-refractivity contribution in [1.82, 2.24) is 15.5 Å². The third-order valence-corrected chi connectivity index (χ3v) is 5.33. The Morgan fingerprint density at radius 1 is 1.33 bits per heavy atom. The number of rotatable bonds is 7. The maximum Gasteiger partial charge on any atom is 0.245 e. The van der Waals surface area contributed by atoms with Gasteiger partial charge in [-0.1, -0.05) is 37.3 Å². The molecule has 1 aromatic carbocycles. The fraction of sp³-hybridized carbons (Fsp3) is 0.550. The molecule has 1 unspecified atom stereocenters. The van der Waals surface area contributed by atoms with Crippen LogP contribution in [0, 0.1) is 5.41 Å². The Bertz CT molecular complexity index is 677. The summed E-state index contributed by atoms with van der Waals surface area (Å²) in [6.07, 6.45) is 0.0874. The average Bonchev–Trinajstić information content (AvgIpc) is 2.66. The fourth-order valence-electron chi connectivity index (χ4n) is 3.64. The summed E-state index contributed by atoms with van der Waals surface area (Å²) < 4.78 is 0. The quantitative estimate of drug-likeness (QED) is 0.657. The molecule has 0 radical (unpaired) electrons. The molecule has 0 aliphatic carbocycles. The van der Waals surface area contributed by atoms with Gasteiger partial charge in [0.2, 0.25) is 17.7 Å². The second kappa shape index (κ2) is 8.99. The number of likely N-dealkylation sites (N-methyl/N-ethyl adjacent to an activating group) is 1. The first-order valence-electron chi connectivity index (χ1n) is 9.34. The Labute approximate surface area is 160 Å². The van der Waals surface area contributed by atoms with Gasteiger partial charge in [-0.15, -0.1) is 0 Å². The number of hydrogen-bond acceptors (Lipinski definition) is 4. The van der Waals surface area contributed by atoms with Gasteiger partial charge in [-0.05, 0) is 25.3 Å². The molecule has 27 heavy (non-hydrogen) atoms. The lowest BCUT2D eigenvalue weighted by molar-refractivity contribution is -0.154. The number of aliphatic hydroxyl groups is 1. The first-order chi connectivity index (χ1) is 12.8. The molecular formula is C20H29N3O4. The van der Waals surface area contributed by atoms with Gasteiger partial charge in [0.1, 0.15) is 6.04 Å². The van der Waals surface area contributed by atoms with E-state index in [1.807, 2.05) is 37.3 Å². The van der Waals surface area contributed by atoms with Crippen LogP contribution in [0.3, 0.4) is 0 Å². The number of hydrogen-bond donors (Lipinski definition) is 3. The zero-order valence-electron chi connectivity index (χ0n) is 16.2. The van der Waals surface area contributed by atoms with Crippen LogP contribution in [-0.2, 0) is 20.9 Å². The van der Waals surface area contributed by atoms with Crippen molar-refractivity contribution in [3.8, 4) is 0 Å². The van der Waals surface area contributed by atoms with Gasteiger partial charge in [-0.3, -0.25) is 14.4 Å². The zero-order valence-corrected chi connectivity index (χ0v) is 16.2. The number of piperidine rings is 1. The molecule has 1 heterocycles. The molecule has 148 valence electrons. The molecule has 0 saturated carbocycles. The minimum Gasteiger partial charge on any atom is -0.391 e. The highest BCUT2D eigenvalue weighted by atomic mass is 16.3. The highest BCUT2D eigenvalue weighted by molar-refractivity contribution is 5.93. The average molecular weight is 375 g/mol. The Balaban J connectivity index is 2.12. The summed E-state index contributed by atoms with van der Waals surface area (Å²) >= 11 is 0. The largest absolute Gasteiger partial charge is 0.391 e. The normalized spacial score (nSPS) is 21.7. The number of carbonyl (C=O) groups excluding carboxylic acids is 3. The van der Waals surface area contributed by atoms with E-state index in [1.54, 1.807) is 0 Å². The fourth-order valence-corrected chi connectivity index (χ4v) is 3.64. The summed E-state index contributed by atoms with van der Waals surface area (Å²) in [5.74, 6) is -0.858. The summed E-state index contributed by atoms with van der Waals surface area (Å²) in [6, 6.07) is 8.40. The highest BCUT2D eigenvalue weighted by Crippen LogP contribution is 2.35. The van der Waals surface area contributed by atoms with Gasteiger partial charge in [0.05, 0.1) is 11.5 Å². The lowest BCUT2D eigenvalue weighted by atomic mass is 9.75. The molecule has 3 atom stereocenters. The van der Waals surface area contributed by atoms with Crippen molar-refractivity contribution < 1.29 is 19.5 Å². The molecule has 1 aliphatic rings. The molecule has 7 heteroatoms. The topological polar surface area (TPSA) is 98.7 Å². The van der Waals surface area contributed by atoms with E-state index in [1.165, 1.54) is 18.9 Å². The summed E-state index contributed by atoms with van der Waals surface area (Å²) in [7, 11) is 1.52. The number of benzene rings is 1. The molecule has 7 nitrogen and oxygen atoms in total. The predicted octanol–water partition coefficient (Wildman–Crippen LogP) is 0.817. The van der Waals surface area contributed by atoms with E-state index in [9.17, 15) is 19.5 Å². The second-order valence-corrected chi connectivity index (χ2v) is 7.22.